The first-order chi connectivity index (χ1) is 18.3. The summed E-state index contributed by atoms with van der Waals surface area (Å²) in [7, 11) is 0. The summed E-state index contributed by atoms with van der Waals surface area (Å²) < 4.78 is 0. The summed E-state index contributed by atoms with van der Waals surface area (Å²) >= 11 is 0. The molecule has 0 aromatic heterocycles. The van der Waals surface area contributed by atoms with Crippen LogP contribution in [0.3, 0.4) is 0 Å². The van der Waals surface area contributed by atoms with Crippen molar-refractivity contribution in [2.45, 2.75) is 108 Å². The minimum absolute atomic E-state index is 0.0377. The zero-order chi connectivity index (χ0) is 27.5. The predicted octanol–water partition coefficient (Wildman–Crippen LogP) is -0.305. The predicted molar refractivity (Wildman–Crippen MR) is 145 cm³/mol. The number of nitrogens with zero attached hydrogens (tertiary/aromatic N) is 3. The lowest BCUT2D eigenvalue weighted by molar-refractivity contribution is -0.143. The average Bonchev–Trinajstić information content (AvgIpc) is 3.56. The van der Waals surface area contributed by atoms with Gasteiger partial charge in [0, 0.05) is 25.7 Å². The summed E-state index contributed by atoms with van der Waals surface area (Å²) in [5, 5.41) is 6.09. The summed E-state index contributed by atoms with van der Waals surface area (Å²) in [5.74, 6) is -1.09. The van der Waals surface area contributed by atoms with Crippen LogP contribution in [-0.2, 0) is 19.2 Å². The second-order valence-electron chi connectivity index (χ2n) is 10.7. The number of rotatable bonds is 10. The highest BCUT2D eigenvalue weighted by atomic mass is 16.2. The minimum Gasteiger partial charge on any atom is -0.370 e. The van der Waals surface area contributed by atoms with Gasteiger partial charge in [-0.05, 0) is 51.4 Å². The number of aliphatic imine (C=N–C) groups is 1. The Balaban J connectivity index is 1.68. The van der Waals surface area contributed by atoms with Gasteiger partial charge in [-0.2, -0.15) is 0 Å². The highest BCUT2D eigenvalue weighted by Gasteiger charge is 2.40. The van der Waals surface area contributed by atoms with E-state index in [1.54, 1.807) is 4.90 Å². The second-order valence-corrected chi connectivity index (χ2v) is 10.7. The molecule has 2 saturated heterocycles. The first-order valence-electron chi connectivity index (χ1n) is 14.3. The molecule has 0 bridgehead atoms. The zero-order valence-corrected chi connectivity index (χ0v) is 22.5. The molecule has 3 aliphatic rings. The topological polar surface area (TPSA) is 189 Å². The normalized spacial score (nSPS) is 23.3. The molecule has 1 aliphatic carbocycles. The Bertz CT molecular complexity index is 854. The van der Waals surface area contributed by atoms with E-state index >= 15 is 0 Å². The van der Waals surface area contributed by atoms with E-state index in [1.807, 2.05) is 0 Å². The van der Waals surface area contributed by atoms with Gasteiger partial charge < -0.3 is 37.6 Å². The van der Waals surface area contributed by atoms with Crippen LogP contribution in [0.4, 0.5) is 0 Å². The number of hydrogen-bond donors (Lipinski definition) is 5. The number of carbonyl (C=O) groups excluding carboxylic acids is 4. The molecule has 2 heterocycles. The van der Waals surface area contributed by atoms with Crippen molar-refractivity contribution in [3.05, 3.63) is 0 Å². The van der Waals surface area contributed by atoms with E-state index in [9.17, 15) is 19.2 Å². The van der Waals surface area contributed by atoms with Crippen LogP contribution in [0.15, 0.2) is 4.99 Å². The third-order valence-electron chi connectivity index (χ3n) is 7.90. The summed E-state index contributed by atoms with van der Waals surface area (Å²) in [5.41, 5.74) is 16.4. The Labute approximate surface area is 225 Å². The van der Waals surface area contributed by atoms with Crippen molar-refractivity contribution in [3.63, 3.8) is 0 Å². The maximum atomic E-state index is 13.7. The number of hydrogen-bond acceptors (Lipinski definition) is 6. The zero-order valence-electron chi connectivity index (χ0n) is 22.5. The molecule has 3 atom stereocenters. The monoisotopic (exact) mass is 534 g/mol. The van der Waals surface area contributed by atoms with Crippen molar-refractivity contribution in [2.24, 2.45) is 22.2 Å². The molecule has 0 radical (unpaired) electrons. The van der Waals surface area contributed by atoms with Crippen LogP contribution in [0.25, 0.3) is 0 Å². The largest absolute Gasteiger partial charge is 0.370 e. The molecular weight excluding hydrogens is 488 g/mol. The van der Waals surface area contributed by atoms with Crippen LogP contribution >= 0.6 is 0 Å². The molecular formula is C26H46N8O4. The average molecular weight is 535 g/mol. The first-order valence-corrected chi connectivity index (χ1v) is 14.3. The molecule has 12 heteroatoms. The van der Waals surface area contributed by atoms with Gasteiger partial charge in [0.25, 0.3) is 0 Å². The molecule has 1 saturated carbocycles. The number of nitrogens with two attached hydrogens (primary N) is 3. The molecule has 3 rings (SSSR count). The molecule has 0 unspecified atom stereocenters. The van der Waals surface area contributed by atoms with Crippen molar-refractivity contribution in [3.8, 4) is 0 Å². The van der Waals surface area contributed by atoms with Gasteiger partial charge in [-0.15, -0.1) is 0 Å². The third kappa shape index (κ3) is 8.31. The van der Waals surface area contributed by atoms with Gasteiger partial charge in [0.1, 0.15) is 18.1 Å². The van der Waals surface area contributed by atoms with E-state index in [-0.39, 0.29) is 42.2 Å². The maximum absolute atomic E-state index is 13.7. The number of amides is 4. The van der Waals surface area contributed by atoms with E-state index in [0.717, 1.165) is 32.1 Å². The van der Waals surface area contributed by atoms with Crippen molar-refractivity contribution in [1.82, 2.24) is 20.4 Å². The standard InChI is InChI=1S/C26H46N8O4/c27-17-22(35)33-15-7-12-20(33)24(37)32-19(11-6-14-30-26(28)29)25(38)34-16-8-13-21(34)23(36)31-18-9-4-2-1-3-5-10-18/h18-21H,1-17,27H2,(H,31,36)(H,32,37)(H4,28,29,30)/t19-,20-,21-/m0/s1. The van der Waals surface area contributed by atoms with Gasteiger partial charge in [-0.25, -0.2) is 0 Å². The quantitative estimate of drug-likeness (QED) is 0.144. The maximum Gasteiger partial charge on any atom is 0.245 e. The third-order valence-corrected chi connectivity index (χ3v) is 7.90. The second kappa shape index (κ2) is 14.9. The van der Waals surface area contributed by atoms with Crippen molar-refractivity contribution < 1.29 is 19.2 Å². The first kappa shape index (κ1) is 29.7. The lowest BCUT2D eigenvalue weighted by atomic mass is 9.96. The Morgan fingerprint density at radius 2 is 1.42 bits per heavy atom. The van der Waals surface area contributed by atoms with Crippen molar-refractivity contribution >= 4 is 29.6 Å². The lowest BCUT2D eigenvalue weighted by Gasteiger charge is -2.31. The highest BCUT2D eigenvalue weighted by Crippen LogP contribution is 2.23. The molecule has 4 amide bonds. The minimum atomic E-state index is -0.845. The Morgan fingerprint density at radius 3 is 2.05 bits per heavy atom. The Hall–Kier alpha value is -2.89. The van der Waals surface area contributed by atoms with Crippen LogP contribution in [0.2, 0.25) is 0 Å². The molecule has 12 nitrogen and oxygen atoms in total. The van der Waals surface area contributed by atoms with E-state index in [4.69, 9.17) is 17.2 Å². The van der Waals surface area contributed by atoms with Gasteiger partial charge in [0.05, 0.1) is 6.54 Å². The smallest absolute Gasteiger partial charge is 0.245 e. The van der Waals surface area contributed by atoms with Gasteiger partial charge in [0.15, 0.2) is 5.96 Å². The van der Waals surface area contributed by atoms with Gasteiger partial charge in [0.2, 0.25) is 23.6 Å². The Kier molecular flexibility index (Phi) is 11.6. The number of carbonyl (C=O) groups is 4. The molecule has 0 aromatic carbocycles. The van der Waals surface area contributed by atoms with Gasteiger partial charge in [-0.3, -0.25) is 24.2 Å². The molecule has 214 valence electrons. The van der Waals surface area contributed by atoms with E-state index in [0.29, 0.717) is 51.7 Å². The van der Waals surface area contributed by atoms with Crippen molar-refractivity contribution in [1.29, 1.82) is 0 Å². The van der Waals surface area contributed by atoms with Gasteiger partial charge in [-0.1, -0.05) is 32.1 Å². The molecule has 2 aliphatic heterocycles. The van der Waals surface area contributed by atoms with Crippen LogP contribution in [0, 0.1) is 0 Å². The molecule has 3 fully saturated rings. The highest BCUT2D eigenvalue weighted by molar-refractivity contribution is 5.95. The Morgan fingerprint density at radius 1 is 0.816 bits per heavy atom. The molecule has 0 spiro atoms. The van der Waals surface area contributed by atoms with Crippen LogP contribution in [0.1, 0.15) is 83.5 Å². The van der Waals surface area contributed by atoms with Crippen LogP contribution < -0.4 is 27.8 Å². The van der Waals surface area contributed by atoms with Crippen LogP contribution in [-0.4, -0.2) is 89.7 Å². The lowest BCUT2D eigenvalue weighted by Crippen LogP contribution is -2.57. The fraction of sp³-hybridized carbons (Fsp3) is 0.808. The van der Waals surface area contributed by atoms with Crippen LogP contribution in [0.5, 0.6) is 0 Å². The van der Waals surface area contributed by atoms with Crippen molar-refractivity contribution in [2.75, 3.05) is 26.2 Å². The molecule has 38 heavy (non-hydrogen) atoms. The molecule has 0 aromatic rings. The summed E-state index contributed by atoms with van der Waals surface area (Å²) in [6.45, 7) is 1.07. The summed E-state index contributed by atoms with van der Waals surface area (Å²) in [6.07, 6.45) is 11.1. The number of guanidine groups is 1. The van der Waals surface area contributed by atoms with E-state index < -0.39 is 18.1 Å². The summed E-state index contributed by atoms with van der Waals surface area (Å²) in [4.78, 5) is 59.5. The SMILES string of the molecule is NCC(=O)N1CCC[C@H]1C(=O)N[C@@H](CCCN=C(N)N)C(=O)N1CCC[C@H]1C(=O)NC1CCCCCCC1. The van der Waals surface area contributed by atoms with E-state index in [2.05, 4.69) is 15.6 Å². The molecule has 8 N–H and O–H groups in total. The number of likely N-dealkylation sites (tertiary alicyclic amines) is 2. The van der Waals surface area contributed by atoms with Gasteiger partial charge >= 0.3 is 0 Å². The number of nitrogens with one attached hydrogen (secondary N) is 2. The fourth-order valence-corrected chi connectivity index (χ4v) is 5.89. The van der Waals surface area contributed by atoms with E-state index in [1.165, 1.54) is 24.2 Å². The fourth-order valence-electron chi connectivity index (χ4n) is 5.89. The summed E-state index contributed by atoms with van der Waals surface area (Å²) in [6, 6.07) is -1.91.